The summed E-state index contributed by atoms with van der Waals surface area (Å²) in [6.45, 7) is 0. The molecule has 0 amide bonds. The minimum absolute atomic E-state index is 0.0241. The fourth-order valence-electron chi connectivity index (χ4n) is 12.9. The largest absolute Gasteiger partial charge is 0.356 e. The van der Waals surface area contributed by atoms with Gasteiger partial charge in [0.05, 0.1) is 0 Å². The van der Waals surface area contributed by atoms with Crippen molar-refractivity contribution in [3.8, 4) is 0 Å². The third-order valence-corrected chi connectivity index (χ3v) is 15.1. The summed E-state index contributed by atoms with van der Waals surface area (Å²) in [5.41, 5.74) is 26.1. The van der Waals surface area contributed by atoms with E-state index in [4.69, 9.17) is 23.7 Å². The van der Waals surface area contributed by atoms with Gasteiger partial charge in [-0.15, -0.1) is 0 Å². The molecule has 0 spiro atoms. The molecule has 0 radical (unpaired) electrons. The number of hydrogen-bond acceptors (Lipinski definition) is 5. The molecule has 10 aliphatic rings. The van der Waals surface area contributed by atoms with Gasteiger partial charge in [0.25, 0.3) is 0 Å². The van der Waals surface area contributed by atoms with E-state index in [0.717, 1.165) is 0 Å². The molecule has 0 saturated heterocycles. The smallest absolute Gasteiger partial charge is 0.110 e. The lowest BCUT2D eigenvalue weighted by Crippen LogP contribution is -2.12. The van der Waals surface area contributed by atoms with E-state index in [1.807, 2.05) is 0 Å². The van der Waals surface area contributed by atoms with Crippen LogP contribution in [0, 0.1) is 0 Å². The predicted molar refractivity (Wildman–Crippen MR) is 200 cm³/mol. The third-order valence-electron chi connectivity index (χ3n) is 15.1. The van der Waals surface area contributed by atoms with Crippen LogP contribution in [0.3, 0.4) is 0 Å². The van der Waals surface area contributed by atoms with Gasteiger partial charge in [-0.05, 0) is 183 Å². The van der Waals surface area contributed by atoms with E-state index >= 15 is 0 Å². The molecule has 258 valence electrons. The van der Waals surface area contributed by atoms with Crippen LogP contribution in [0.25, 0.3) is 10.8 Å². The summed E-state index contributed by atoms with van der Waals surface area (Å²) < 4.78 is 33.7. The maximum atomic E-state index is 6.89. The van der Waals surface area contributed by atoms with Crippen molar-refractivity contribution < 1.29 is 23.7 Å². The minimum atomic E-state index is -0.0686. The van der Waals surface area contributed by atoms with E-state index in [-0.39, 0.29) is 61.0 Å². The van der Waals surface area contributed by atoms with Crippen molar-refractivity contribution in [2.45, 2.75) is 61.0 Å². The molecule has 0 N–H and O–H groups in total. The number of fused-ring (bicyclic) bond motifs is 41. The zero-order valence-corrected chi connectivity index (χ0v) is 29.2. The molecule has 17 rings (SSSR count). The molecule has 55 heavy (non-hydrogen) atoms. The van der Waals surface area contributed by atoms with Crippen molar-refractivity contribution in [1.82, 2.24) is 0 Å². The fourth-order valence-corrected chi connectivity index (χ4v) is 12.9. The summed E-state index contributed by atoms with van der Waals surface area (Å²) in [6, 6.07) is 41.4. The molecule has 10 bridgehead atoms. The summed E-state index contributed by atoms with van der Waals surface area (Å²) >= 11 is 0. The molecule has 10 heterocycles. The van der Waals surface area contributed by atoms with Crippen LogP contribution in [0.1, 0.15) is 172 Å². The number of hydrogen-bond donors (Lipinski definition) is 0. The van der Waals surface area contributed by atoms with Gasteiger partial charge >= 0.3 is 0 Å². The zero-order chi connectivity index (χ0) is 34.7. The van der Waals surface area contributed by atoms with Crippen LogP contribution in [-0.4, -0.2) is 0 Å². The Bertz CT molecular complexity index is 2920. The van der Waals surface area contributed by atoms with Gasteiger partial charge in [0.15, 0.2) is 0 Å². The van der Waals surface area contributed by atoms with Crippen molar-refractivity contribution in [2.75, 3.05) is 0 Å². The third kappa shape index (κ3) is 2.85. The van der Waals surface area contributed by atoms with Crippen LogP contribution in [0.4, 0.5) is 0 Å². The second-order valence-corrected chi connectivity index (χ2v) is 17.4. The van der Waals surface area contributed by atoms with E-state index < -0.39 is 0 Å². The Balaban J connectivity index is 0.746. The number of ether oxygens (including phenoxy) is 5. The average Bonchev–Trinajstić information content (AvgIpc) is 4.09. The lowest BCUT2D eigenvalue weighted by Gasteiger charge is -2.25. The van der Waals surface area contributed by atoms with Crippen LogP contribution in [0.5, 0.6) is 0 Å². The van der Waals surface area contributed by atoms with Gasteiger partial charge in [0, 0.05) is 0 Å². The molecule has 10 unspecified atom stereocenters. The molecular formula is C50H28O5. The first-order valence-corrected chi connectivity index (χ1v) is 19.8. The second kappa shape index (κ2) is 8.53. The van der Waals surface area contributed by atoms with Gasteiger partial charge in [0.2, 0.25) is 0 Å². The quantitative estimate of drug-likeness (QED) is 0.157. The first-order chi connectivity index (χ1) is 27.2. The molecule has 0 saturated carbocycles. The van der Waals surface area contributed by atoms with Gasteiger partial charge in [-0.1, -0.05) is 48.5 Å². The van der Waals surface area contributed by atoms with Crippen LogP contribution in [0.15, 0.2) is 109 Å². The summed E-state index contributed by atoms with van der Waals surface area (Å²) in [5.74, 6) is 0. The lowest BCUT2D eigenvalue weighted by molar-refractivity contribution is 0.0795. The molecular weight excluding hydrogens is 681 g/mol. The summed E-state index contributed by atoms with van der Waals surface area (Å²) in [7, 11) is 0. The summed E-state index contributed by atoms with van der Waals surface area (Å²) in [6.07, 6.45) is -0.238. The van der Waals surface area contributed by atoms with Crippen LogP contribution in [-0.2, 0) is 23.7 Å². The number of rotatable bonds is 0. The highest BCUT2D eigenvalue weighted by Crippen LogP contribution is 2.65. The first-order valence-electron chi connectivity index (χ1n) is 19.8. The second-order valence-electron chi connectivity index (χ2n) is 17.4. The van der Waals surface area contributed by atoms with E-state index in [0.29, 0.717) is 0 Å². The molecule has 10 aliphatic heterocycles. The predicted octanol–water partition coefficient (Wildman–Crippen LogP) is 10.5. The Kier molecular flexibility index (Phi) is 4.22. The zero-order valence-electron chi connectivity index (χ0n) is 29.2. The Labute approximate surface area is 315 Å². The lowest BCUT2D eigenvalue weighted by atomic mass is 9.75. The van der Waals surface area contributed by atoms with Crippen LogP contribution < -0.4 is 0 Å². The molecule has 7 aromatic rings. The van der Waals surface area contributed by atoms with Crippen LogP contribution >= 0.6 is 0 Å². The van der Waals surface area contributed by atoms with E-state index in [9.17, 15) is 0 Å². The number of benzene rings is 7. The van der Waals surface area contributed by atoms with Gasteiger partial charge in [-0.2, -0.15) is 0 Å². The molecule has 0 aromatic heterocycles. The SMILES string of the molecule is c1ccc2c(c1)C1OC2c2cc3c(cc21)C1OC3c2cc3c(cc21)C1OC3c2cc3c(cc21)C1OC3c2cc3cc4c(cc3cc21)C1OC4c2ccccc21. The van der Waals surface area contributed by atoms with Crippen molar-refractivity contribution in [3.05, 3.63) is 220 Å². The highest BCUT2D eigenvalue weighted by Gasteiger charge is 2.53. The minimum Gasteiger partial charge on any atom is -0.356 e. The van der Waals surface area contributed by atoms with Gasteiger partial charge in [-0.3, -0.25) is 0 Å². The summed E-state index contributed by atoms with van der Waals surface area (Å²) in [4.78, 5) is 0. The summed E-state index contributed by atoms with van der Waals surface area (Å²) in [5, 5.41) is 2.53. The maximum absolute atomic E-state index is 6.89. The Hall–Kier alpha value is -5.40. The fraction of sp³-hybridized carbons (Fsp3) is 0.200. The van der Waals surface area contributed by atoms with Crippen molar-refractivity contribution >= 4 is 10.8 Å². The molecule has 0 aliphatic carbocycles. The monoisotopic (exact) mass is 708 g/mol. The van der Waals surface area contributed by atoms with E-state index in [2.05, 4.69) is 109 Å². The highest BCUT2D eigenvalue weighted by molar-refractivity contribution is 5.88. The van der Waals surface area contributed by atoms with Crippen molar-refractivity contribution in [1.29, 1.82) is 0 Å². The van der Waals surface area contributed by atoms with Gasteiger partial charge in [-0.25, -0.2) is 0 Å². The van der Waals surface area contributed by atoms with Crippen LogP contribution in [0.2, 0.25) is 0 Å². The maximum Gasteiger partial charge on any atom is 0.110 e. The molecule has 5 heteroatoms. The molecule has 5 nitrogen and oxygen atoms in total. The first kappa shape index (κ1) is 27.2. The highest BCUT2D eigenvalue weighted by atomic mass is 16.5. The Morgan fingerprint density at radius 3 is 0.564 bits per heavy atom. The van der Waals surface area contributed by atoms with E-state index in [1.54, 1.807) is 0 Å². The molecule has 7 aromatic carbocycles. The van der Waals surface area contributed by atoms with Gasteiger partial charge in [0.1, 0.15) is 61.0 Å². The Morgan fingerprint density at radius 1 is 0.200 bits per heavy atom. The molecule has 0 fully saturated rings. The van der Waals surface area contributed by atoms with E-state index in [1.165, 1.54) is 122 Å². The topological polar surface area (TPSA) is 46.2 Å². The van der Waals surface area contributed by atoms with Gasteiger partial charge < -0.3 is 23.7 Å². The Morgan fingerprint density at radius 2 is 0.364 bits per heavy atom. The standard InChI is InChI=1S/C50H28O5/c1-2-6-22-21(5-1)41-25-9-19-11-27-28(12-20(19)10-26(25)42(22)51-41)46-32-16-36-35(15-31(32)45(27)53-46)49-39-17-37-38(18-40(39)50(36)55-49)48-34-14-30-29(13-33(34)47(37)54-48)43-23-7-3-4-8-24(23)44(30)52-43/h1-18,41-50H. The molecule has 10 atom stereocenters. The normalized spacial score (nSPS) is 31.6. The van der Waals surface area contributed by atoms with Crippen molar-refractivity contribution in [3.63, 3.8) is 0 Å². The average molecular weight is 709 g/mol. The van der Waals surface area contributed by atoms with Crippen molar-refractivity contribution in [2.24, 2.45) is 0 Å².